The Hall–Kier alpha value is -2.98. The Morgan fingerprint density at radius 2 is 2.04 bits per heavy atom. The van der Waals surface area contributed by atoms with Gasteiger partial charge in [-0.05, 0) is 25.1 Å². The van der Waals surface area contributed by atoms with Gasteiger partial charge < -0.3 is 19.0 Å². The van der Waals surface area contributed by atoms with Gasteiger partial charge in [-0.1, -0.05) is 17.3 Å². The summed E-state index contributed by atoms with van der Waals surface area (Å²) in [6.45, 7) is 4.82. The van der Waals surface area contributed by atoms with Crippen LogP contribution in [0.1, 0.15) is 22.9 Å². The highest BCUT2D eigenvalue weighted by Crippen LogP contribution is 2.12. The van der Waals surface area contributed by atoms with Crippen LogP contribution in [-0.2, 0) is 11.3 Å². The first-order valence-electron chi connectivity index (χ1n) is 9.20. The zero-order valence-electron chi connectivity index (χ0n) is 15.3. The Morgan fingerprint density at radius 1 is 1.21 bits per heavy atom. The second kappa shape index (κ2) is 8.36. The van der Waals surface area contributed by atoms with Crippen LogP contribution in [0.3, 0.4) is 0 Å². The fourth-order valence-corrected chi connectivity index (χ4v) is 3.12. The molecule has 1 amide bonds. The Labute approximate surface area is 160 Å². The van der Waals surface area contributed by atoms with Gasteiger partial charge in [0.2, 0.25) is 0 Å². The molecule has 1 saturated heterocycles. The number of hydrogen-bond acceptors (Lipinski definition) is 8. The average molecular weight is 387 g/mol. The zero-order valence-corrected chi connectivity index (χ0v) is 15.3. The van der Waals surface area contributed by atoms with Gasteiger partial charge in [0.05, 0.1) is 25.3 Å². The summed E-state index contributed by atoms with van der Waals surface area (Å²) in [5.41, 5.74) is 1.11. The van der Waals surface area contributed by atoms with Crippen molar-refractivity contribution in [2.24, 2.45) is 0 Å². The monoisotopic (exact) mass is 387 g/mol. The Morgan fingerprint density at radius 3 is 2.89 bits per heavy atom. The standard InChI is InChI=1S/C18H21N5O5/c24-16(19-6-3-7-22-8-10-26-11-9-22)17-20-15(21-28-17)12-23-13-4-1-2-5-14(13)27-18(23)25/h1-2,4-5H,3,6-12H2,(H,19,24). The zero-order chi connectivity index (χ0) is 19.3. The smallest absolute Gasteiger partial charge is 0.408 e. The lowest BCUT2D eigenvalue weighted by molar-refractivity contribution is 0.0374. The van der Waals surface area contributed by atoms with Crippen molar-refractivity contribution in [3.8, 4) is 0 Å². The lowest BCUT2D eigenvalue weighted by atomic mass is 10.3. The fraction of sp³-hybridized carbons (Fsp3) is 0.444. The van der Waals surface area contributed by atoms with Gasteiger partial charge in [-0.2, -0.15) is 4.98 Å². The van der Waals surface area contributed by atoms with Crippen molar-refractivity contribution < 1.29 is 18.5 Å². The minimum Gasteiger partial charge on any atom is -0.408 e. The van der Waals surface area contributed by atoms with Crippen molar-refractivity contribution in [2.75, 3.05) is 39.4 Å². The molecule has 1 fully saturated rings. The van der Waals surface area contributed by atoms with Crippen molar-refractivity contribution in [3.63, 3.8) is 0 Å². The molecular weight excluding hydrogens is 366 g/mol. The summed E-state index contributed by atoms with van der Waals surface area (Å²) in [6, 6.07) is 7.06. The van der Waals surface area contributed by atoms with E-state index in [0.29, 0.717) is 17.6 Å². The van der Waals surface area contributed by atoms with Gasteiger partial charge in [-0.25, -0.2) is 4.79 Å². The van der Waals surface area contributed by atoms with Gasteiger partial charge >= 0.3 is 17.6 Å². The number of benzene rings is 1. The van der Waals surface area contributed by atoms with Crippen molar-refractivity contribution >= 4 is 17.0 Å². The number of fused-ring (bicyclic) bond motifs is 1. The molecule has 148 valence electrons. The minimum absolute atomic E-state index is 0.0592. The maximum absolute atomic E-state index is 12.2. The molecule has 0 bridgehead atoms. The van der Waals surface area contributed by atoms with E-state index in [1.54, 1.807) is 24.3 Å². The SMILES string of the molecule is O=C(NCCCN1CCOCC1)c1nc(Cn2c(=O)oc3ccccc32)no1. The number of carbonyl (C=O) groups excluding carboxylic acids is 1. The lowest BCUT2D eigenvalue weighted by Gasteiger charge is -2.26. The first-order chi connectivity index (χ1) is 13.7. The van der Waals surface area contributed by atoms with E-state index in [-0.39, 0.29) is 18.3 Å². The van der Waals surface area contributed by atoms with E-state index >= 15 is 0 Å². The van der Waals surface area contributed by atoms with E-state index in [0.717, 1.165) is 39.3 Å². The molecule has 10 nitrogen and oxygen atoms in total. The molecule has 0 aliphatic carbocycles. The van der Waals surface area contributed by atoms with E-state index in [9.17, 15) is 9.59 Å². The highest BCUT2D eigenvalue weighted by molar-refractivity contribution is 5.89. The van der Waals surface area contributed by atoms with E-state index < -0.39 is 11.7 Å². The number of morpholine rings is 1. The molecular formula is C18H21N5O5. The van der Waals surface area contributed by atoms with Crippen LogP contribution in [0.25, 0.3) is 11.1 Å². The third kappa shape index (κ3) is 4.12. The number of ether oxygens (including phenoxy) is 1. The number of aromatic nitrogens is 3. The number of nitrogens with zero attached hydrogens (tertiary/aromatic N) is 4. The van der Waals surface area contributed by atoms with Crippen LogP contribution in [0.2, 0.25) is 0 Å². The van der Waals surface area contributed by atoms with Crippen molar-refractivity contribution in [2.45, 2.75) is 13.0 Å². The molecule has 3 heterocycles. The first kappa shape index (κ1) is 18.4. The minimum atomic E-state index is -0.514. The normalized spacial score (nSPS) is 15.1. The molecule has 1 N–H and O–H groups in total. The largest absolute Gasteiger partial charge is 0.420 e. The summed E-state index contributed by atoms with van der Waals surface area (Å²) in [5.74, 6) is -0.834. The van der Waals surface area contributed by atoms with Gasteiger partial charge in [0, 0.05) is 19.6 Å². The molecule has 2 aromatic heterocycles. The van der Waals surface area contributed by atoms with Crippen LogP contribution in [-0.4, -0.2) is 64.9 Å². The molecule has 28 heavy (non-hydrogen) atoms. The van der Waals surface area contributed by atoms with Crippen LogP contribution in [0.15, 0.2) is 38.0 Å². The summed E-state index contributed by atoms with van der Waals surface area (Å²) in [5, 5.41) is 6.56. The molecule has 10 heteroatoms. The lowest BCUT2D eigenvalue weighted by Crippen LogP contribution is -2.38. The van der Waals surface area contributed by atoms with E-state index in [4.69, 9.17) is 13.7 Å². The molecule has 1 aromatic carbocycles. The summed E-state index contributed by atoms with van der Waals surface area (Å²) in [6.07, 6.45) is 0.823. The van der Waals surface area contributed by atoms with Gasteiger partial charge in [-0.3, -0.25) is 14.3 Å². The van der Waals surface area contributed by atoms with Crippen molar-refractivity contribution in [3.05, 3.63) is 46.5 Å². The van der Waals surface area contributed by atoms with E-state index in [1.807, 2.05) is 0 Å². The maximum atomic E-state index is 12.2. The van der Waals surface area contributed by atoms with Crippen LogP contribution in [0, 0.1) is 0 Å². The highest BCUT2D eigenvalue weighted by Gasteiger charge is 2.17. The Bertz CT molecular complexity index is 1000. The molecule has 0 unspecified atom stereocenters. The summed E-state index contributed by atoms with van der Waals surface area (Å²) >= 11 is 0. The molecule has 0 spiro atoms. The number of oxazole rings is 1. The molecule has 1 aliphatic heterocycles. The quantitative estimate of drug-likeness (QED) is 0.582. The number of nitrogens with one attached hydrogen (secondary N) is 1. The predicted molar refractivity (Wildman–Crippen MR) is 98.1 cm³/mol. The Kier molecular flexibility index (Phi) is 5.49. The van der Waals surface area contributed by atoms with Crippen LogP contribution < -0.4 is 11.1 Å². The number of para-hydroxylation sites is 2. The average Bonchev–Trinajstić information content (AvgIpc) is 3.31. The molecule has 0 atom stereocenters. The van der Waals surface area contributed by atoms with Gasteiger partial charge in [0.25, 0.3) is 0 Å². The van der Waals surface area contributed by atoms with Crippen LogP contribution in [0.5, 0.6) is 0 Å². The number of amides is 1. The summed E-state index contributed by atoms with van der Waals surface area (Å²) in [4.78, 5) is 30.6. The van der Waals surface area contributed by atoms with Crippen LogP contribution in [0.4, 0.5) is 0 Å². The van der Waals surface area contributed by atoms with Gasteiger partial charge in [-0.15, -0.1) is 0 Å². The third-order valence-electron chi connectivity index (χ3n) is 4.58. The second-order valence-electron chi connectivity index (χ2n) is 6.50. The molecule has 0 radical (unpaired) electrons. The number of rotatable bonds is 7. The summed E-state index contributed by atoms with van der Waals surface area (Å²) < 4.78 is 16.9. The topological polar surface area (TPSA) is 116 Å². The predicted octanol–water partition coefficient (Wildman–Crippen LogP) is 0.478. The van der Waals surface area contributed by atoms with E-state index in [1.165, 1.54) is 4.57 Å². The summed E-state index contributed by atoms with van der Waals surface area (Å²) in [7, 11) is 0. The Balaban J connectivity index is 1.31. The molecule has 1 aliphatic rings. The maximum Gasteiger partial charge on any atom is 0.420 e. The molecule has 3 aromatic rings. The second-order valence-corrected chi connectivity index (χ2v) is 6.50. The van der Waals surface area contributed by atoms with Crippen molar-refractivity contribution in [1.29, 1.82) is 0 Å². The van der Waals surface area contributed by atoms with Crippen LogP contribution >= 0.6 is 0 Å². The van der Waals surface area contributed by atoms with Gasteiger partial charge in [0.15, 0.2) is 11.4 Å². The molecule has 0 saturated carbocycles. The number of carbonyl (C=O) groups is 1. The molecule has 4 rings (SSSR count). The third-order valence-corrected chi connectivity index (χ3v) is 4.58. The van der Waals surface area contributed by atoms with Gasteiger partial charge in [0.1, 0.15) is 0 Å². The number of hydrogen-bond donors (Lipinski definition) is 1. The first-order valence-corrected chi connectivity index (χ1v) is 9.20. The van der Waals surface area contributed by atoms with Crippen molar-refractivity contribution in [1.82, 2.24) is 24.9 Å². The fourth-order valence-electron chi connectivity index (χ4n) is 3.12. The van der Waals surface area contributed by atoms with E-state index in [2.05, 4.69) is 20.4 Å². The highest BCUT2D eigenvalue weighted by atomic mass is 16.5.